The molecule has 2 heterocycles. The Kier molecular flexibility index (Phi) is 5.59. The molecule has 1 fully saturated rings. The van der Waals surface area contributed by atoms with E-state index in [1.54, 1.807) is 17.0 Å². The van der Waals surface area contributed by atoms with Crippen molar-refractivity contribution in [3.8, 4) is 0 Å². The highest BCUT2D eigenvalue weighted by molar-refractivity contribution is 8.18. The Labute approximate surface area is 207 Å². The maximum absolute atomic E-state index is 13.4. The summed E-state index contributed by atoms with van der Waals surface area (Å²) in [4.78, 5) is 27.2. The predicted octanol–water partition coefficient (Wildman–Crippen LogP) is 3.59. The molecular weight excluding hydrogens is 496 g/mol. The van der Waals surface area contributed by atoms with E-state index in [4.69, 9.17) is 11.6 Å². The molecule has 3 atom stereocenters. The summed E-state index contributed by atoms with van der Waals surface area (Å²) in [6, 6.07) is 14.5. The number of nitrogens with one attached hydrogen (secondary N) is 1. The van der Waals surface area contributed by atoms with Gasteiger partial charge in [-0.3, -0.25) is 9.59 Å². The van der Waals surface area contributed by atoms with Crippen LogP contribution in [0.25, 0.3) is 4.91 Å². The van der Waals surface area contributed by atoms with Crippen LogP contribution in [0.5, 0.6) is 0 Å². The van der Waals surface area contributed by atoms with Crippen LogP contribution in [0.4, 0.5) is 0 Å². The number of allylic oxidation sites excluding steroid dienone is 1. The maximum atomic E-state index is 13.4. The quantitative estimate of drug-likeness (QED) is 0.627. The van der Waals surface area contributed by atoms with E-state index in [0.29, 0.717) is 11.6 Å². The third kappa shape index (κ3) is 3.66. The average molecular weight is 519 g/mol. The third-order valence-corrected chi connectivity index (χ3v) is 10.9. The van der Waals surface area contributed by atoms with Crippen molar-refractivity contribution < 1.29 is 23.1 Å². The van der Waals surface area contributed by atoms with Crippen LogP contribution in [0.1, 0.15) is 36.5 Å². The lowest BCUT2D eigenvalue weighted by molar-refractivity contribution is -0.141. The molecule has 2 aliphatic heterocycles. The summed E-state index contributed by atoms with van der Waals surface area (Å²) < 4.78 is 28.6. The second-order valence-corrected chi connectivity index (χ2v) is 12.8. The van der Waals surface area contributed by atoms with Crippen LogP contribution in [0, 0.1) is 0 Å². The molecule has 10 heteroatoms. The first-order valence-electron chi connectivity index (χ1n) is 10.8. The molecule has 1 saturated carbocycles. The van der Waals surface area contributed by atoms with Crippen molar-refractivity contribution in [1.29, 1.82) is 0 Å². The largest absolute Gasteiger partial charge is 0.480 e. The lowest BCUT2D eigenvalue weighted by atomic mass is 9.83. The number of carbonyl (C=O) groups excluding carboxylic acids is 1. The Morgan fingerprint density at radius 1 is 1.18 bits per heavy atom. The number of sulfonamides is 1. The Morgan fingerprint density at radius 3 is 2.56 bits per heavy atom. The van der Waals surface area contributed by atoms with Crippen LogP contribution in [0.15, 0.2) is 54.6 Å². The molecule has 1 aliphatic carbocycles. The number of hydrogen-bond donors (Lipinski definition) is 2. The van der Waals surface area contributed by atoms with Gasteiger partial charge in [-0.05, 0) is 41.7 Å². The number of carboxylic acid groups (broad SMARTS) is 1. The molecule has 3 aliphatic rings. The number of thioether (sulfide) groups is 1. The molecule has 7 nitrogen and oxygen atoms in total. The molecule has 2 aromatic carbocycles. The van der Waals surface area contributed by atoms with Crippen molar-refractivity contribution in [3.05, 3.63) is 76.3 Å². The molecule has 0 saturated heterocycles. The second-order valence-electron chi connectivity index (χ2n) is 9.01. The normalized spacial score (nSPS) is 27.9. The highest BCUT2D eigenvalue weighted by Crippen LogP contribution is 2.61. The topological polar surface area (TPSA) is 104 Å². The zero-order valence-corrected chi connectivity index (χ0v) is 20.7. The molecule has 5 rings (SSSR count). The summed E-state index contributed by atoms with van der Waals surface area (Å²) in [6.45, 7) is 1.97. The number of carboxylic acids is 1. The van der Waals surface area contributed by atoms with Gasteiger partial charge in [0.1, 0.15) is 10.1 Å². The van der Waals surface area contributed by atoms with Gasteiger partial charge < -0.3 is 10.0 Å². The number of amides is 1. The van der Waals surface area contributed by atoms with Gasteiger partial charge in [-0.25, -0.2) is 8.42 Å². The maximum Gasteiger partial charge on any atom is 0.325 e. The standard InChI is InChI=1S/C24H23ClN2O5S2/c1-15(28)27-12-17-4-2-3-5-19(17)23(14-27)13-24(23,22(29)30)26-34(31,32)21-11-10-20(33-21)16-6-8-18(25)9-7-16/h2-10,21,26H,11-14H2,1H3,(H,29,30). The molecule has 1 amide bonds. The van der Waals surface area contributed by atoms with E-state index < -0.39 is 31.5 Å². The van der Waals surface area contributed by atoms with E-state index in [9.17, 15) is 23.1 Å². The Hall–Kier alpha value is -2.33. The Balaban J connectivity index is 1.44. The van der Waals surface area contributed by atoms with Gasteiger partial charge in [-0.15, -0.1) is 11.8 Å². The van der Waals surface area contributed by atoms with Crippen molar-refractivity contribution in [3.63, 3.8) is 0 Å². The molecular formula is C24H23ClN2O5S2. The van der Waals surface area contributed by atoms with Gasteiger partial charge in [0.25, 0.3) is 0 Å². The number of fused-ring (bicyclic) bond motifs is 2. The smallest absolute Gasteiger partial charge is 0.325 e. The summed E-state index contributed by atoms with van der Waals surface area (Å²) in [5.41, 5.74) is -0.229. The van der Waals surface area contributed by atoms with E-state index in [2.05, 4.69) is 4.72 Å². The highest BCUT2D eigenvalue weighted by Gasteiger charge is 2.76. The van der Waals surface area contributed by atoms with Crippen molar-refractivity contribution >= 4 is 50.2 Å². The molecule has 1 spiro atoms. The SMILES string of the molecule is CC(=O)N1Cc2ccccc2C2(C1)CC2(NS(=O)(=O)C1CC=C(c2ccc(Cl)cc2)S1)C(=O)O. The minimum absolute atomic E-state index is 0.0875. The average Bonchev–Trinajstić information content (AvgIpc) is 3.16. The minimum atomic E-state index is -4.01. The van der Waals surface area contributed by atoms with Crippen molar-refractivity contribution in [1.82, 2.24) is 9.62 Å². The molecule has 0 bridgehead atoms. The molecule has 178 valence electrons. The van der Waals surface area contributed by atoms with Crippen LogP contribution in [-0.4, -0.2) is 47.0 Å². The molecule has 3 unspecified atom stereocenters. The first kappa shape index (κ1) is 23.4. The van der Waals surface area contributed by atoms with E-state index in [-0.39, 0.29) is 25.3 Å². The highest BCUT2D eigenvalue weighted by atomic mass is 35.5. The molecule has 2 aromatic rings. The van der Waals surface area contributed by atoms with Gasteiger partial charge in [0.05, 0.1) is 0 Å². The molecule has 34 heavy (non-hydrogen) atoms. The van der Waals surface area contributed by atoms with Crippen LogP contribution in [0.2, 0.25) is 5.02 Å². The first-order chi connectivity index (χ1) is 16.1. The van der Waals surface area contributed by atoms with E-state index in [1.165, 1.54) is 18.7 Å². The van der Waals surface area contributed by atoms with E-state index in [0.717, 1.165) is 21.6 Å². The fraction of sp³-hybridized carbons (Fsp3) is 0.333. The number of rotatable bonds is 5. The van der Waals surface area contributed by atoms with Crippen LogP contribution >= 0.6 is 23.4 Å². The zero-order valence-electron chi connectivity index (χ0n) is 18.3. The number of aliphatic carboxylic acids is 1. The fourth-order valence-electron chi connectivity index (χ4n) is 5.14. The van der Waals surface area contributed by atoms with Gasteiger partial charge >= 0.3 is 5.97 Å². The van der Waals surface area contributed by atoms with Gasteiger partial charge in [0, 0.05) is 35.4 Å². The van der Waals surface area contributed by atoms with Gasteiger partial charge in [-0.2, -0.15) is 4.72 Å². The van der Waals surface area contributed by atoms with E-state index >= 15 is 0 Å². The summed E-state index contributed by atoms with van der Waals surface area (Å²) in [5, 5.41) is 10.9. The fourth-order valence-corrected chi connectivity index (χ4v) is 8.49. The Morgan fingerprint density at radius 2 is 1.88 bits per heavy atom. The molecule has 0 aromatic heterocycles. The van der Waals surface area contributed by atoms with Gasteiger partial charge in [-0.1, -0.05) is 54.1 Å². The van der Waals surface area contributed by atoms with Crippen LogP contribution < -0.4 is 4.72 Å². The number of hydrogen-bond acceptors (Lipinski definition) is 5. The molecule has 2 N–H and O–H groups in total. The van der Waals surface area contributed by atoms with Crippen LogP contribution in [0.3, 0.4) is 0 Å². The first-order valence-corrected chi connectivity index (χ1v) is 13.6. The third-order valence-electron chi connectivity index (χ3n) is 6.97. The summed E-state index contributed by atoms with van der Waals surface area (Å²) in [6.07, 6.45) is 2.20. The summed E-state index contributed by atoms with van der Waals surface area (Å²) in [5.74, 6) is -1.41. The number of carbonyl (C=O) groups is 2. The number of benzene rings is 2. The lowest BCUT2D eigenvalue weighted by Crippen LogP contribution is -2.55. The number of nitrogens with zero attached hydrogens (tertiary/aromatic N) is 1. The van der Waals surface area contributed by atoms with Crippen molar-refractivity contribution in [2.45, 2.75) is 41.8 Å². The second kappa shape index (κ2) is 8.12. The van der Waals surface area contributed by atoms with Crippen molar-refractivity contribution in [2.75, 3.05) is 6.54 Å². The van der Waals surface area contributed by atoms with Gasteiger partial charge in [0.15, 0.2) is 0 Å². The lowest BCUT2D eigenvalue weighted by Gasteiger charge is -2.37. The summed E-state index contributed by atoms with van der Waals surface area (Å²) in [7, 11) is -4.01. The van der Waals surface area contributed by atoms with Gasteiger partial charge in [0.2, 0.25) is 15.9 Å². The Bertz CT molecular complexity index is 1330. The zero-order chi connectivity index (χ0) is 24.3. The molecule has 0 radical (unpaired) electrons. The number of halogens is 1. The summed E-state index contributed by atoms with van der Waals surface area (Å²) >= 11 is 7.15. The van der Waals surface area contributed by atoms with Crippen LogP contribution in [-0.2, 0) is 31.6 Å². The van der Waals surface area contributed by atoms with Crippen molar-refractivity contribution in [2.24, 2.45) is 0 Å². The van der Waals surface area contributed by atoms with E-state index in [1.807, 2.05) is 42.5 Å². The monoisotopic (exact) mass is 518 g/mol. The minimum Gasteiger partial charge on any atom is -0.480 e. The predicted molar refractivity (Wildman–Crippen MR) is 132 cm³/mol.